The summed E-state index contributed by atoms with van der Waals surface area (Å²) >= 11 is 6.87. The lowest BCUT2D eigenvalue weighted by Gasteiger charge is -2.47. The Morgan fingerprint density at radius 1 is 0.939 bits per heavy atom. The van der Waals surface area contributed by atoms with Gasteiger partial charge in [0.05, 0.1) is 17.2 Å². The number of aryl methyl sites for hydroxylation is 1. The number of carbonyl (C=O) groups is 4. The van der Waals surface area contributed by atoms with Gasteiger partial charge in [-0.15, -0.1) is 5.10 Å². The van der Waals surface area contributed by atoms with Crippen LogP contribution in [-0.4, -0.2) is 52.5 Å². The van der Waals surface area contributed by atoms with Crippen LogP contribution in [0.5, 0.6) is 0 Å². The number of esters is 4. The van der Waals surface area contributed by atoms with Crippen molar-refractivity contribution in [3.63, 3.8) is 0 Å². The van der Waals surface area contributed by atoms with E-state index in [1.165, 1.54) is 13.8 Å². The SMILES string of the molecule is CC(=O)OCOC(=O)c1ccc(/C(Cl)=C/[C@@H]2C=C(C)C[C@H]3C[C@H](CCn4cc(-c5ccccc5)nn4)C=C[C@]32C(=O)OCOC(C)=O)cc1. The molecule has 1 heterocycles. The van der Waals surface area contributed by atoms with Crippen molar-refractivity contribution in [2.45, 2.75) is 46.6 Å². The van der Waals surface area contributed by atoms with E-state index in [1.54, 1.807) is 24.3 Å². The molecular formula is C37H38ClN3O8. The lowest BCUT2D eigenvalue weighted by Crippen LogP contribution is -2.48. The summed E-state index contributed by atoms with van der Waals surface area (Å²) < 4.78 is 22.0. The van der Waals surface area contributed by atoms with Crippen molar-refractivity contribution in [2.75, 3.05) is 13.6 Å². The predicted molar refractivity (Wildman–Crippen MR) is 180 cm³/mol. The van der Waals surface area contributed by atoms with Crippen LogP contribution in [0.15, 0.2) is 90.7 Å². The quantitative estimate of drug-likeness (QED) is 0.118. The van der Waals surface area contributed by atoms with Gasteiger partial charge in [0.15, 0.2) is 0 Å². The van der Waals surface area contributed by atoms with Crippen LogP contribution in [0, 0.1) is 23.2 Å². The molecule has 0 N–H and O–H groups in total. The van der Waals surface area contributed by atoms with Crippen LogP contribution in [0.4, 0.5) is 0 Å². The highest BCUT2D eigenvalue weighted by Crippen LogP contribution is 2.53. The molecule has 0 saturated carbocycles. The van der Waals surface area contributed by atoms with Crippen LogP contribution < -0.4 is 0 Å². The summed E-state index contributed by atoms with van der Waals surface area (Å²) in [5, 5.41) is 9.02. The van der Waals surface area contributed by atoms with Gasteiger partial charge in [-0.2, -0.15) is 0 Å². The molecule has 2 aromatic carbocycles. The van der Waals surface area contributed by atoms with E-state index >= 15 is 0 Å². The Labute approximate surface area is 289 Å². The van der Waals surface area contributed by atoms with Crippen LogP contribution >= 0.6 is 11.6 Å². The number of aromatic nitrogens is 3. The van der Waals surface area contributed by atoms with Gasteiger partial charge in [-0.25, -0.2) is 4.79 Å². The molecule has 256 valence electrons. The second-order valence-corrected chi connectivity index (χ2v) is 12.6. The van der Waals surface area contributed by atoms with E-state index in [9.17, 15) is 19.2 Å². The summed E-state index contributed by atoms with van der Waals surface area (Å²) in [6.07, 6.45) is 12.0. The molecule has 4 atom stereocenters. The van der Waals surface area contributed by atoms with Crippen molar-refractivity contribution in [1.29, 1.82) is 0 Å². The highest BCUT2D eigenvalue weighted by molar-refractivity contribution is 6.48. The molecule has 2 aliphatic carbocycles. The number of rotatable bonds is 12. The molecule has 12 heteroatoms. The number of hydrogen-bond donors (Lipinski definition) is 0. The van der Waals surface area contributed by atoms with Gasteiger partial charge in [0, 0.05) is 36.9 Å². The molecule has 0 amide bonds. The van der Waals surface area contributed by atoms with E-state index in [0.717, 1.165) is 29.7 Å². The van der Waals surface area contributed by atoms with Crippen molar-refractivity contribution in [2.24, 2.45) is 23.2 Å². The third kappa shape index (κ3) is 8.72. The first-order chi connectivity index (χ1) is 23.5. The van der Waals surface area contributed by atoms with Crippen LogP contribution in [0.25, 0.3) is 16.3 Å². The summed E-state index contributed by atoms with van der Waals surface area (Å²) in [6, 6.07) is 16.3. The van der Waals surface area contributed by atoms with E-state index in [1.807, 2.05) is 66.4 Å². The van der Waals surface area contributed by atoms with Crippen molar-refractivity contribution >= 4 is 40.5 Å². The molecule has 5 rings (SSSR count). The summed E-state index contributed by atoms with van der Waals surface area (Å²) in [5.41, 5.74) is 2.70. The highest BCUT2D eigenvalue weighted by atomic mass is 35.5. The first kappa shape index (κ1) is 35.3. The molecule has 0 spiro atoms. The van der Waals surface area contributed by atoms with E-state index in [2.05, 4.69) is 21.1 Å². The maximum Gasteiger partial charge on any atom is 0.340 e. The molecule has 0 fully saturated rings. The minimum absolute atomic E-state index is 0.118. The molecule has 2 aliphatic rings. The lowest BCUT2D eigenvalue weighted by atomic mass is 9.56. The van der Waals surface area contributed by atoms with Gasteiger partial charge in [0.2, 0.25) is 13.6 Å². The molecular weight excluding hydrogens is 650 g/mol. The van der Waals surface area contributed by atoms with Gasteiger partial charge in [0.1, 0.15) is 5.69 Å². The second kappa shape index (κ2) is 15.9. The Morgan fingerprint density at radius 2 is 1.61 bits per heavy atom. The van der Waals surface area contributed by atoms with Gasteiger partial charge in [0.25, 0.3) is 0 Å². The third-order valence-corrected chi connectivity index (χ3v) is 9.15. The Morgan fingerprint density at radius 3 is 2.31 bits per heavy atom. The standard InChI is InChI=1S/C37H38ClN3O8/c1-24-17-31-19-27(14-16-41-21-34(39-40-41)29-7-5-4-6-8-29)13-15-37(31,36(45)49-23-47-26(3)43)32(18-24)20-33(38)28-9-11-30(12-10-28)35(44)48-22-46-25(2)42/h4-13,15,18,20-21,27,31-32H,14,16-17,19,22-23H2,1-3H3/b33-20-/t27-,31-,32-,37-/m0/s1. The van der Waals surface area contributed by atoms with Crippen molar-refractivity contribution in [1.82, 2.24) is 15.0 Å². The molecule has 11 nitrogen and oxygen atoms in total. The molecule has 3 aromatic rings. The molecule has 0 unspecified atom stereocenters. The Bertz CT molecular complexity index is 1770. The largest absolute Gasteiger partial charge is 0.428 e. The Hall–Kier alpha value is -5.03. The average Bonchev–Trinajstić information content (AvgIpc) is 3.56. The number of carbonyl (C=O) groups excluding carboxylic acids is 4. The van der Waals surface area contributed by atoms with Crippen molar-refractivity contribution in [3.8, 4) is 11.3 Å². The molecule has 0 bridgehead atoms. The summed E-state index contributed by atoms with van der Waals surface area (Å²) in [4.78, 5) is 48.6. The predicted octanol–water partition coefficient (Wildman–Crippen LogP) is 6.50. The van der Waals surface area contributed by atoms with Gasteiger partial charge in [-0.05, 0) is 55.7 Å². The van der Waals surface area contributed by atoms with Gasteiger partial charge in [-0.1, -0.05) is 89.2 Å². The number of nitrogens with zero attached hydrogens (tertiary/aromatic N) is 3. The van der Waals surface area contributed by atoms with E-state index in [-0.39, 0.29) is 17.4 Å². The van der Waals surface area contributed by atoms with Crippen LogP contribution in [0.2, 0.25) is 0 Å². The zero-order valence-corrected chi connectivity index (χ0v) is 28.3. The van der Waals surface area contributed by atoms with Gasteiger partial charge < -0.3 is 18.9 Å². The summed E-state index contributed by atoms with van der Waals surface area (Å²) in [6.45, 7) is 4.19. The third-order valence-electron chi connectivity index (χ3n) is 8.81. The summed E-state index contributed by atoms with van der Waals surface area (Å²) in [7, 11) is 0. The minimum Gasteiger partial charge on any atom is -0.428 e. The number of ether oxygens (including phenoxy) is 4. The maximum atomic E-state index is 14.0. The fourth-order valence-corrected chi connectivity index (χ4v) is 6.65. The van der Waals surface area contributed by atoms with Crippen LogP contribution in [0.3, 0.4) is 0 Å². The minimum atomic E-state index is -1.09. The average molecular weight is 688 g/mol. The molecule has 49 heavy (non-hydrogen) atoms. The van der Waals surface area contributed by atoms with Crippen LogP contribution in [0.1, 0.15) is 56.0 Å². The fraction of sp³-hybridized carbons (Fsp3) is 0.351. The fourth-order valence-electron chi connectivity index (χ4n) is 6.38. The highest BCUT2D eigenvalue weighted by Gasteiger charge is 2.53. The number of hydrogen-bond acceptors (Lipinski definition) is 10. The molecule has 0 saturated heterocycles. The van der Waals surface area contributed by atoms with Gasteiger partial charge >= 0.3 is 23.9 Å². The number of benzene rings is 2. The smallest absolute Gasteiger partial charge is 0.340 e. The van der Waals surface area contributed by atoms with Crippen molar-refractivity contribution < 1.29 is 38.1 Å². The van der Waals surface area contributed by atoms with Crippen molar-refractivity contribution in [3.05, 3.63) is 102 Å². The van der Waals surface area contributed by atoms with Gasteiger partial charge in [-0.3, -0.25) is 19.1 Å². The zero-order valence-electron chi connectivity index (χ0n) is 27.5. The Balaban J connectivity index is 1.36. The Kier molecular flexibility index (Phi) is 11.5. The molecule has 1 aromatic heterocycles. The topological polar surface area (TPSA) is 136 Å². The number of halogens is 1. The van der Waals surface area contributed by atoms with E-state index in [0.29, 0.717) is 23.6 Å². The second-order valence-electron chi connectivity index (χ2n) is 12.2. The first-order valence-corrected chi connectivity index (χ1v) is 16.3. The van der Waals surface area contributed by atoms with E-state index in [4.69, 9.17) is 25.8 Å². The molecule has 0 radical (unpaired) electrons. The summed E-state index contributed by atoms with van der Waals surface area (Å²) in [5.74, 6) is -2.69. The zero-order chi connectivity index (χ0) is 35.0. The first-order valence-electron chi connectivity index (χ1n) is 16.0. The lowest BCUT2D eigenvalue weighted by molar-refractivity contribution is -0.176. The van der Waals surface area contributed by atoms with E-state index < -0.39 is 48.8 Å². The number of fused-ring (bicyclic) bond motifs is 1. The molecule has 0 aliphatic heterocycles. The van der Waals surface area contributed by atoms with Crippen LogP contribution in [-0.2, 0) is 39.9 Å². The maximum absolute atomic E-state index is 14.0. The number of allylic oxidation sites excluding steroid dienone is 4. The monoisotopic (exact) mass is 687 g/mol. The normalized spacial score (nSPS) is 21.6.